The molecule has 0 spiro atoms. The summed E-state index contributed by atoms with van der Waals surface area (Å²) in [5.74, 6) is 1.40. The fourth-order valence-electron chi connectivity index (χ4n) is 2.38. The molecular formula is C15H22N2O2S2. The second-order valence-corrected chi connectivity index (χ2v) is 7.39. The molecule has 0 bridgehead atoms. The quantitative estimate of drug-likeness (QED) is 0.834. The van der Waals surface area contributed by atoms with Gasteiger partial charge >= 0.3 is 0 Å². The zero-order chi connectivity index (χ0) is 15.4. The summed E-state index contributed by atoms with van der Waals surface area (Å²) in [4.78, 5) is 29.7. The van der Waals surface area contributed by atoms with Gasteiger partial charge in [0.1, 0.15) is 6.04 Å². The number of hydrogen-bond acceptors (Lipinski definition) is 4. The van der Waals surface area contributed by atoms with Gasteiger partial charge in [0.25, 0.3) is 0 Å². The van der Waals surface area contributed by atoms with Crippen LogP contribution in [0.25, 0.3) is 0 Å². The molecule has 1 aliphatic rings. The van der Waals surface area contributed by atoms with Crippen LogP contribution in [0, 0.1) is 5.92 Å². The van der Waals surface area contributed by atoms with Crippen molar-refractivity contribution in [3.63, 3.8) is 0 Å². The van der Waals surface area contributed by atoms with E-state index in [2.05, 4.69) is 6.07 Å². The van der Waals surface area contributed by atoms with Crippen molar-refractivity contribution in [2.24, 2.45) is 5.92 Å². The second-order valence-electron chi connectivity index (χ2n) is 5.36. The highest BCUT2D eigenvalue weighted by molar-refractivity contribution is 7.99. The van der Waals surface area contributed by atoms with Crippen LogP contribution in [0.15, 0.2) is 17.5 Å². The summed E-state index contributed by atoms with van der Waals surface area (Å²) in [7, 11) is 1.79. The van der Waals surface area contributed by atoms with Crippen LogP contribution in [0.1, 0.15) is 18.7 Å². The first-order valence-corrected chi connectivity index (χ1v) is 9.23. The van der Waals surface area contributed by atoms with E-state index >= 15 is 0 Å². The second kappa shape index (κ2) is 7.31. The summed E-state index contributed by atoms with van der Waals surface area (Å²) in [6, 6.07) is 3.77. The maximum atomic E-state index is 12.6. The van der Waals surface area contributed by atoms with Crippen molar-refractivity contribution in [3.8, 4) is 0 Å². The molecule has 2 rings (SSSR count). The molecule has 2 amide bonds. The van der Waals surface area contributed by atoms with Crippen molar-refractivity contribution in [2.75, 3.05) is 25.2 Å². The lowest BCUT2D eigenvalue weighted by atomic mass is 10.0. The number of amides is 2. The zero-order valence-electron chi connectivity index (χ0n) is 12.7. The maximum absolute atomic E-state index is 12.6. The van der Waals surface area contributed by atoms with Crippen molar-refractivity contribution in [3.05, 3.63) is 22.4 Å². The number of thiophene rings is 1. The smallest absolute Gasteiger partial charge is 0.245 e. The number of likely N-dealkylation sites (N-methyl/N-ethyl adjacent to an activating group) is 1. The molecule has 2 heterocycles. The van der Waals surface area contributed by atoms with Gasteiger partial charge < -0.3 is 9.80 Å². The summed E-state index contributed by atoms with van der Waals surface area (Å²) in [5, 5.41) is 2.03. The van der Waals surface area contributed by atoms with Crippen molar-refractivity contribution in [1.82, 2.24) is 9.80 Å². The summed E-state index contributed by atoms with van der Waals surface area (Å²) in [5.41, 5.74) is 0. The van der Waals surface area contributed by atoms with Crippen LogP contribution in [-0.2, 0) is 16.0 Å². The first kappa shape index (κ1) is 16.4. The fraction of sp³-hybridized carbons (Fsp3) is 0.600. The molecule has 0 unspecified atom stereocenters. The lowest BCUT2D eigenvalue weighted by Gasteiger charge is -2.28. The van der Waals surface area contributed by atoms with Gasteiger partial charge in [0.05, 0.1) is 5.88 Å². The average Bonchev–Trinajstić information content (AvgIpc) is 3.15. The minimum absolute atomic E-state index is 0.0548. The molecule has 0 radical (unpaired) electrons. The maximum Gasteiger partial charge on any atom is 0.245 e. The number of thioether (sulfide) groups is 1. The molecule has 4 nitrogen and oxygen atoms in total. The topological polar surface area (TPSA) is 40.6 Å². The molecule has 21 heavy (non-hydrogen) atoms. The van der Waals surface area contributed by atoms with Gasteiger partial charge in [0, 0.05) is 30.1 Å². The molecule has 0 N–H and O–H groups in total. The van der Waals surface area contributed by atoms with E-state index < -0.39 is 0 Å². The van der Waals surface area contributed by atoms with Crippen LogP contribution in [0.2, 0.25) is 0 Å². The standard InChI is InChI=1S/C15H22N2O2S2/c1-4-16(3)15(19)13-9-20-10-17(13)14(18)11(2)8-12-6-5-7-21-12/h5-7,11,13H,4,8-10H2,1-3H3/t11-,13+/m1/s1. The largest absolute Gasteiger partial charge is 0.344 e. The summed E-state index contributed by atoms with van der Waals surface area (Å²) >= 11 is 3.34. The Labute approximate surface area is 134 Å². The van der Waals surface area contributed by atoms with Crippen molar-refractivity contribution >= 4 is 34.9 Å². The minimum Gasteiger partial charge on any atom is -0.344 e. The van der Waals surface area contributed by atoms with Gasteiger partial charge in [0.2, 0.25) is 11.8 Å². The lowest BCUT2D eigenvalue weighted by molar-refractivity contribution is -0.144. The average molecular weight is 326 g/mol. The van der Waals surface area contributed by atoms with E-state index in [1.54, 1.807) is 39.9 Å². The first-order valence-electron chi connectivity index (χ1n) is 7.20. The molecule has 1 aliphatic heterocycles. The predicted molar refractivity (Wildman–Crippen MR) is 88.5 cm³/mol. The summed E-state index contributed by atoms with van der Waals surface area (Å²) < 4.78 is 0. The predicted octanol–water partition coefficient (Wildman–Crippen LogP) is 2.31. The fourth-order valence-corrected chi connectivity index (χ4v) is 4.37. The van der Waals surface area contributed by atoms with E-state index in [1.807, 2.05) is 25.3 Å². The van der Waals surface area contributed by atoms with E-state index in [9.17, 15) is 9.59 Å². The SMILES string of the molecule is CCN(C)C(=O)[C@@H]1CSCN1C(=O)[C@H](C)Cc1cccs1. The molecule has 1 saturated heterocycles. The van der Waals surface area contributed by atoms with Crippen molar-refractivity contribution in [1.29, 1.82) is 0 Å². The van der Waals surface area contributed by atoms with Crippen LogP contribution in [-0.4, -0.2) is 52.9 Å². The van der Waals surface area contributed by atoms with Gasteiger partial charge in [-0.1, -0.05) is 13.0 Å². The third kappa shape index (κ3) is 3.80. The van der Waals surface area contributed by atoms with Gasteiger partial charge in [-0.15, -0.1) is 23.1 Å². The first-order chi connectivity index (χ1) is 10.0. The third-order valence-electron chi connectivity index (χ3n) is 3.81. The van der Waals surface area contributed by atoms with Crippen LogP contribution >= 0.6 is 23.1 Å². The van der Waals surface area contributed by atoms with Crippen molar-refractivity contribution in [2.45, 2.75) is 26.3 Å². The van der Waals surface area contributed by atoms with E-state index in [1.165, 1.54) is 4.88 Å². The van der Waals surface area contributed by atoms with Gasteiger partial charge in [-0.3, -0.25) is 9.59 Å². The highest BCUT2D eigenvalue weighted by Gasteiger charge is 2.37. The Hall–Kier alpha value is -1.01. The number of carbonyl (C=O) groups excluding carboxylic acids is 2. The van der Waals surface area contributed by atoms with Gasteiger partial charge in [-0.05, 0) is 24.8 Å². The van der Waals surface area contributed by atoms with E-state index in [0.717, 1.165) is 6.42 Å². The zero-order valence-corrected chi connectivity index (χ0v) is 14.4. The Balaban J connectivity index is 2.01. The third-order valence-corrected chi connectivity index (χ3v) is 5.72. The normalized spacial score (nSPS) is 19.6. The Bertz CT molecular complexity index is 490. The van der Waals surface area contributed by atoms with Crippen LogP contribution in [0.3, 0.4) is 0 Å². The van der Waals surface area contributed by atoms with Crippen LogP contribution in [0.5, 0.6) is 0 Å². The molecule has 116 valence electrons. The molecule has 2 atom stereocenters. The number of hydrogen-bond donors (Lipinski definition) is 0. The number of nitrogens with zero attached hydrogens (tertiary/aromatic N) is 2. The monoisotopic (exact) mass is 326 g/mol. The molecular weight excluding hydrogens is 304 g/mol. The van der Waals surface area contributed by atoms with Crippen molar-refractivity contribution < 1.29 is 9.59 Å². The number of rotatable bonds is 5. The van der Waals surface area contributed by atoms with Gasteiger partial charge in [-0.2, -0.15) is 0 Å². The molecule has 6 heteroatoms. The van der Waals surface area contributed by atoms with Crippen LogP contribution < -0.4 is 0 Å². The van der Waals surface area contributed by atoms with E-state index in [0.29, 0.717) is 18.2 Å². The summed E-state index contributed by atoms with van der Waals surface area (Å²) in [6.45, 7) is 4.58. The Morgan fingerprint density at radius 1 is 1.52 bits per heavy atom. The van der Waals surface area contributed by atoms with Crippen LogP contribution in [0.4, 0.5) is 0 Å². The highest BCUT2D eigenvalue weighted by Crippen LogP contribution is 2.25. The summed E-state index contributed by atoms with van der Waals surface area (Å²) in [6.07, 6.45) is 0.752. The molecule has 1 aromatic rings. The Morgan fingerprint density at radius 2 is 2.29 bits per heavy atom. The Morgan fingerprint density at radius 3 is 2.90 bits per heavy atom. The van der Waals surface area contributed by atoms with Gasteiger partial charge in [-0.25, -0.2) is 0 Å². The molecule has 1 fully saturated rings. The lowest BCUT2D eigenvalue weighted by Crippen LogP contribution is -2.49. The van der Waals surface area contributed by atoms with Gasteiger partial charge in [0.15, 0.2) is 0 Å². The van der Waals surface area contributed by atoms with E-state index in [-0.39, 0.29) is 23.8 Å². The molecule has 0 aliphatic carbocycles. The molecule has 0 aromatic carbocycles. The number of carbonyl (C=O) groups is 2. The van der Waals surface area contributed by atoms with E-state index in [4.69, 9.17) is 0 Å². The highest BCUT2D eigenvalue weighted by atomic mass is 32.2. The minimum atomic E-state index is -0.293. The Kier molecular flexibility index (Phi) is 5.70. The molecule has 0 saturated carbocycles. The molecule has 1 aromatic heterocycles.